The molecule has 36 heavy (non-hydrogen) atoms. The molecule has 0 aliphatic rings. The van der Waals surface area contributed by atoms with Gasteiger partial charge in [0.15, 0.2) is 0 Å². The third-order valence-electron chi connectivity index (χ3n) is 6.04. The average Bonchev–Trinajstić information content (AvgIpc) is 2.87. The number of hydrogen-bond donors (Lipinski definition) is 1. The van der Waals surface area contributed by atoms with Crippen LogP contribution in [0.3, 0.4) is 0 Å². The lowest BCUT2D eigenvalue weighted by Crippen LogP contribution is -2.31. The number of anilines is 1. The van der Waals surface area contributed by atoms with Gasteiger partial charge in [0, 0.05) is 26.1 Å². The highest BCUT2D eigenvalue weighted by atomic mass is 79.9. The number of rotatable bonds is 5. The Kier molecular flexibility index (Phi) is 6.77. The topological polar surface area (TPSA) is 51.1 Å². The van der Waals surface area contributed by atoms with Crippen LogP contribution in [0.5, 0.6) is 0 Å². The average molecular weight is 558 g/mol. The predicted octanol–water partition coefficient (Wildman–Crippen LogP) is 7.69. The van der Waals surface area contributed by atoms with Crippen molar-refractivity contribution in [1.29, 1.82) is 0 Å². The zero-order valence-corrected chi connectivity index (χ0v) is 21.8. The van der Waals surface area contributed by atoms with E-state index in [4.69, 9.17) is 11.6 Å². The van der Waals surface area contributed by atoms with Gasteiger partial charge >= 0.3 is 0 Å². The van der Waals surface area contributed by atoms with Gasteiger partial charge in [-0.1, -0.05) is 87.7 Å². The molecule has 6 heteroatoms. The first-order valence-corrected chi connectivity index (χ1v) is 12.6. The maximum absolute atomic E-state index is 14.1. The third-order valence-corrected chi connectivity index (χ3v) is 6.81. The molecule has 0 fully saturated rings. The summed E-state index contributed by atoms with van der Waals surface area (Å²) in [6, 6.07) is 30.2. The number of aromatic nitrogens is 1. The number of halogens is 2. The van der Waals surface area contributed by atoms with Crippen molar-refractivity contribution < 1.29 is 4.79 Å². The number of carbonyl (C=O) groups excluding carboxylic acids is 1. The van der Waals surface area contributed by atoms with Gasteiger partial charge in [-0.3, -0.25) is 9.59 Å². The van der Waals surface area contributed by atoms with Crippen molar-refractivity contribution >= 4 is 50.0 Å². The van der Waals surface area contributed by atoms with Gasteiger partial charge in [-0.2, -0.15) is 0 Å². The smallest absolute Gasteiger partial charge is 0.264 e. The maximum atomic E-state index is 14.1. The fourth-order valence-corrected chi connectivity index (χ4v) is 4.86. The number of amides is 1. The number of nitrogens with one attached hydrogen (secondary N) is 1. The van der Waals surface area contributed by atoms with E-state index in [1.54, 1.807) is 22.8 Å². The SMILES string of the molecule is Cc1cccc(Cn2c(=O)c(C(=O)Nc3ccc(Br)cc3)c(-c3ccccc3)c3cc(Cl)ccc32)c1. The van der Waals surface area contributed by atoms with Crippen molar-refractivity contribution in [3.05, 3.63) is 134 Å². The second-order valence-corrected chi connectivity index (χ2v) is 9.97. The van der Waals surface area contributed by atoms with Gasteiger partial charge in [0.25, 0.3) is 11.5 Å². The van der Waals surface area contributed by atoms with Gasteiger partial charge in [0.1, 0.15) is 5.56 Å². The van der Waals surface area contributed by atoms with Gasteiger partial charge in [0.05, 0.1) is 12.1 Å². The monoisotopic (exact) mass is 556 g/mol. The Balaban J connectivity index is 1.78. The minimum Gasteiger partial charge on any atom is -0.322 e. The van der Waals surface area contributed by atoms with Crippen LogP contribution in [0.4, 0.5) is 5.69 Å². The normalized spacial score (nSPS) is 11.0. The van der Waals surface area contributed by atoms with Crippen molar-refractivity contribution in [3.63, 3.8) is 0 Å². The highest BCUT2D eigenvalue weighted by molar-refractivity contribution is 9.10. The van der Waals surface area contributed by atoms with Crippen molar-refractivity contribution in [2.45, 2.75) is 13.5 Å². The first-order chi connectivity index (χ1) is 17.4. The lowest BCUT2D eigenvalue weighted by atomic mass is 9.95. The molecule has 4 aromatic carbocycles. The molecule has 5 aromatic rings. The van der Waals surface area contributed by atoms with Crippen LogP contribution >= 0.6 is 27.5 Å². The largest absolute Gasteiger partial charge is 0.322 e. The van der Waals surface area contributed by atoms with Crippen LogP contribution in [0.15, 0.2) is 106 Å². The third kappa shape index (κ3) is 4.85. The molecule has 0 bridgehead atoms. The van der Waals surface area contributed by atoms with Crippen LogP contribution in [0.1, 0.15) is 21.5 Å². The van der Waals surface area contributed by atoms with Crippen LogP contribution in [-0.2, 0) is 6.54 Å². The lowest BCUT2D eigenvalue weighted by molar-refractivity contribution is 0.102. The second-order valence-electron chi connectivity index (χ2n) is 8.62. The van der Waals surface area contributed by atoms with E-state index in [9.17, 15) is 9.59 Å². The molecule has 1 heterocycles. The van der Waals surface area contributed by atoms with Gasteiger partial charge in [-0.05, 0) is 60.5 Å². The fraction of sp³-hybridized carbons (Fsp3) is 0.0667. The molecule has 0 atom stereocenters. The summed E-state index contributed by atoms with van der Waals surface area (Å²) < 4.78 is 2.55. The first kappa shape index (κ1) is 24.0. The number of pyridine rings is 1. The number of hydrogen-bond acceptors (Lipinski definition) is 2. The van der Waals surface area contributed by atoms with Crippen LogP contribution in [-0.4, -0.2) is 10.5 Å². The van der Waals surface area contributed by atoms with Crippen molar-refractivity contribution in [3.8, 4) is 11.1 Å². The van der Waals surface area contributed by atoms with E-state index in [0.29, 0.717) is 28.3 Å². The second kappa shape index (κ2) is 10.1. The van der Waals surface area contributed by atoms with Gasteiger partial charge < -0.3 is 9.88 Å². The Hall–Kier alpha value is -3.67. The van der Waals surface area contributed by atoms with Gasteiger partial charge in [-0.25, -0.2) is 0 Å². The Morgan fingerprint density at radius 2 is 1.67 bits per heavy atom. The van der Waals surface area contributed by atoms with E-state index >= 15 is 0 Å². The Bertz CT molecular complexity index is 1640. The Morgan fingerprint density at radius 1 is 0.917 bits per heavy atom. The number of nitrogens with zero attached hydrogens (tertiary/aromatic N) is 1. The molecule has 0 aliphatic heterocycles. The van der Waals surface area contributed by atoms with Crippen LogP contribution < -0.4 is 10.9 Å². The molecule has 0 unspecified atom stereocenters. The molecule has 1 N–H and O–H groups in total. The highest BCUT2D eigenvalue weighted by Gasteiger charge is 2.24. The molecule has 1 amide bonds. The van der Waals surface area contributed by atoms with Crippen LogP contribution in [0.2, 0.25) is 5.02 Å². The van der Waals surface area contributed by atoms with E-state index in [1.807, 2.05) is 85.8 Å². The highest BCUT2D eigenvalue weighted by Crippen LogP contribution is 2.33. The van der Waals surface area contributed by atoms with E-state index in [1.165, 1.54) is 0 Å². The quantitative estimate of drug-likeness (QED) is 0.241. The maximum Gasteiger partial charge on any atom is 0.264 e. The zero-order valence-electron chi connectivity index (χ0n) is 19.5. The molecule has 0 aliphatic carbocycles. The summed E-state index contributed by atoms with van der Waals surface area (Å²) in [5.41, 5.74) is 4.43. The molecular formula is C30H22BrClN2O2. The lowest BCUT2D eigenvalue weighted by Gasteiger charge is -2.19. The van der Waals surface area contributed by atoms with E-state index in [0.717, 1.165) is 26.5 Å². The van der Waals surface area contributed by atoms with Crippen molar-refractivity contribution in [2.75, 3.05) is 5.32 Å². The summed E-state index contributed by atoms with van der Waals surface area (Å²) in [6.45, 7) is 2.34. The molecule has 4 nitrogen and oxygen atoms in total. The number of fused-ring (bicyclic) bond motifs is 1. The summed E-state index contributed by atoms with van der Waals surface area (Å²) >= 11 is 9.85. The fourth-order valence-electron chi connectivity index (χ4n) is 4.42. The van der Waals surface area contributed by atoms with Gasteiger partial charge in [0.2, 0.25) is 0 Å². The predicted molar refractivity (Wildman–Crippen MR) is 151 cm³/mol. The van der Waals surface area contributed by atoms with Crippen LogP contribution in [0, 0.1) is 6.92 Å². The summed E-state index contributed by atoms with van der Waals surface area (Å²) in [5, 5.41) is 4.18. The summed E-state index contributed by atoms with van der Waals surface area (Å²) in [6.07, 6.45) is 0. The molecule has 5 rings (SSSR count). The molecule has 0 radical (unpaired) electrons. The number of carbonyl (C=O) groups is 1. The zero-order chi connectivity index (χ0) is 25.2. The Labute approximate surface area is 222 Å². The molecular weight excluding hydrogens is 536 g/mol. The van der Waals surface area contributed by atoms with Crippen molar-refractivity contribution in [2.24, 2.45) is 0 Å². The minimum absolute atomic E-state index is 0.0755. The van der Waals surface area contributed by atoms with E-state index < -0.39 is 5.91 Å². The summed E-state index contributed by atoms with van der Waals surface area (Å²) in [4.78, 5) is 27.8. The minimum atomic E-state index is -0.471. The van der Waals surface area contributed by atoms with Gasteiger partial charge in [-0.15, -0.1) is 0 Å². The first-order valence-electron chi connectivity index (χ1n) is 11.4. The summed E-state index contributed by atoms with van der Waals surface area (Å²) in [7, 11) is 0. The number of benzene rings is 4. The van der Waals surface area contributed by atoms with E-state index in [-0.39, 0.29) is 11.1 Å². The molecule has 0 spiro atoms. The molecule has 178 valence electrons. The van der Waals surface area contributed by atoms with E-state index in [2.05, 4.69) is 21.2 Å². The Morgan fingerprint density at radius 3 is 2.39 bits per heavy atom. The standard InChI is InChI=1S/C30H22BrClN2O2/c1-19-6-5-7-20(16-19)18-34-26-15-12-23(32)17-25(26)27(21-8-3-2-4-9-21)28(30(34)36)29(35)33-24-13-10-22(31)11-14-24/h2-17H,18H2,1H3,(H,33,35). The number of aryl methyl sites for hydroxylation is 1. The molecule has 0 saturated carbocycles. The van der Waals surface area contributed by atoms with Crippen LogP contribution in [0.25, 0.3) is 22.0 Å². The summed E-state index contributed by atoms with van der Waals surface area (Å²) in [5.74, 6) is -0.471. The molecule has 0 saturated heterocycles. The van der Waals surface area contributed by atoms with Crippen molar-refractivity contribution in [1.82, 2.24) is 4.57 Å². The molecule has 1 aromatic heterocycles.